The number of hydrogen-bond donors (Lipinski definition) is 2. The molecule has 0 aliphatic carbocycles. The zero-order chi connectivity index (χ0) is 23.1. The van der Waals surface area contributed by atoms with Gasteiger partial charge in [0.25, 0.3) is 5.91 Å². The Balaban J connectivity index is 1.64. The molecule has 3 rings (SSSR count). The van der Waals surface area contributed by atoms with Gasteiger partial charge in [-0.05, 0) is 69.2 Å². The second-order valence-electron chi connectivity index (χ2n) is 7.04. The third-order valence-electron chi connectivity index (χ3n) is 4.75. The standard InChI is InChI=1S/C24H27N3O5/c1-5-30-18-7-9-19(10-8-18)32-20-13-17(11-12-25-20)14-26-23(28)22-15(3)21(16(4)27-22)24(29)31-6-2/h7-13,27H,5-6,14H2,1-4H3,(H,26,28). The molecule has 0 atom stereocenters. The number of nitrogens with zero attached hydrogens (tertiary/aromatic N) is 1. The first-order chi connectivity index (χ1) is 15.4. The molecular formula is C24H27N3O5. The van der Waals surface area contributed by atoms with Crippen LogP contribution in [-0.2, 0) is 11.3 Å². The number of nitrogens with one attached hydrogen (secondary N) is 2. The fraction of sp³-hybridized carbons (Fsp3) is 0.292. The summed E-state index contributed by atoms with van der Waals surface area (Å²) in [5.74, 6) is 1.06. The van der Waals surface area contributed by atoms with Crippen LogP contribution in [0.25, 0.3) is 0 Å². The van der Waals surface area contributed by atoms with E-state index in [1.54, 1.807) is 51.2 Å². The van der Waals surface area contributed by atoms with Crippen molar-refractivity contribution in [2.24, 2.45) is 0 Å². The van der Waals surface area contributed by atoms with Crippen molar-refractivity contribution < 1.29 is 23.8 Å². The van der Waals surface area contributed by atoms with E-state index in [1.165, 1.54) is 0 Å². The summed E-state index contributed by atoms with van der Waals surface area (Å²) < 4.78 is 16.3. The molecule has 8 nitrogen and oxygen atoms in total. The highest BCUT2D eigenvalue weighted by Gasteiger charge is 2.22. The molecule has 0 radical (unpaired) electrons. The average Bonchev–Trinajstić information content (AvgIpc) is 3.08. The maximum Gasteiger partial charge on any atom is 0.340 e. The lowest BCUT2D eigenvalue weighted by Gasteiger charge is -2.09. The molecule has 2 N–H and O–H groups in total. The SMILES string of the molecule is CCOC(=O)c1c(C)[nH]c(C(=O)NCc2ccnc(Oc3ccc(OCC)cc3)c2)c1C. The van der Waals surface area contributed by atoms with E-state index in [1.807, 2.05) is 19.1 Å². The van der Waals surface area contributed by atoms with E-state index in [9.17, 15) is 9.59 Å². The van der Waals surface area contributed by atoms with Gasteiger partial charge in [-0.25, -0.2) is 9.78 Å². The van der Waals surface area contributed by atoms with Gasteiger partial charge in [0.05, 0.1) is 18.8 Å². The Bertz CT molecular complexity index is 1090. The number of esters is 1. The van der Waals surface area contributed by atoms with Crippen LogP contribution in [-0.4, -0.2) is 35.1 Å². The van der Waals surface area contributed by atoms with Crippen LogP contribution < -0.4 is 14.8 Å². The predicted octanol–water partition coefficient (Wildman–Crippen LogP) is 4.32. The Morgan fingerprint density at radius 1 is 1.03 bits per heavy atom. The second kappa shape index (κ2) is 10.5. The molecule has 0 aliphatic heterocycles. The minimum atomic E-state index is -0.442. The van der Waals surface area contributed by atoms with Crippen molar-refractivity contribution >= 4 is 11.9 Å². The molecule has 0 unspecified atom stereocenters. The molecule has 0 fully saturated rings. The number of carbonyl (C=O) groups excluding carboxylic acids is 2. The fourth-order valence-electron chi connectivity index (χ4n) is 3.26. The summed E-state index contributed by atoms with van der Waals surface area (Å²) >= 11 is 0. The largest absolute Gasteiger partial charge is 0.494 e. The van der Waals surface area contributed by atoms with Crippen LogP contribution in [0.2, 0.25) is 0 Å². The van der Waals surface area contributed by atoms with Crippen molar-refractivity contribution in [3.8, 4) is 17.4 Å². The Labute approximate surface area is 186 Å². The molecule has 8 heteroatoms. The molecule has 3 aromatic rings. The molecule has 2 aromatic heterocycles. The molecule has 32 heavy (non-hydrogen) atoms. The van der Waals surface area contributed by atoms with Gasteiger partial charge in [0, 0.05) is 24.5 Å². The Morgan fingerprint density at radius 3 is 2.44 bits per heavy atom. The number of H-pyrrole nitrogens is 1. The molecule has 168 valence electrons. The van der Waals surface area contributed by atoms with E-state index in [0.717, 1.165) is 11.3 Å². The highest BCUT2D eigenvalue weighted by Crippen LogP contribution is 2.23. The van der Waals surface area contributed by atoms with Crippen molar-refractivity contribution in [3.05, 3.63) is 70.7 Å². The van der Waals surface area contributed by atoms with Crippen molar-refractivity contribution in [2.75, 3.05) is 13.2 Å². The van der Waals surface area contributed by atoms with Crippen molar-refractivity contribution in [1.82, 2.24) is 15.3 Å². The zero-order valence-electron chi connectivity index (χ0n) is 18.7. The summed E-state index contributed by atoms with van der Waals surface area (Å²) in [6.45, 7) is 8.27. The van der Waals surface area contributed by atoms with Gasteiger partial charge >= 0.3 is 5.97 Å². The second-order valence-corrected chi connectivity index (χ2v) is 7.04. The topological polar surface area (TPSA) is 103 Å². The number of pyridine rings is 1. The summed E-state index contributed by atoms with van der Waals surface area (Å²) in [6.07, 6.45) is 1.62. The molecule has 1 amide bonds. The summed E-state index contributed by atoms with van der Waals surface area (Å²) in [4.78, 5) is 32.0. The van der Waals surface area contributed by atoms with Crippen LogP contribution in [0.5, 0.6) is 17.4 Å². The summed E-state index contributed by atoms with van der Waals surface area (Å²) in [5.41, 5.74) is 2.71. The van der Waals surface area contributed by atoms with Crippen molar-refractivity contribution in [3.63, 3.8) is 0 Å². The van der Waals surface area contributed by atoms with Gasteiger partial charge < -0.3 is 24.5 Å². The lowest BCUT2D eigenvalue weighted by atomic mass is 10.1. The predicted molar refractivity (Wildman–Crippen MR) is 119 cm³/mol. The molecule has 0 spiro atoms. The van der Waals surface area contributed by atoms with E-state index in [2.05, 4.69) is 15.3 Å². The number of aryl methyl sites for hydroxylation is 1. The number of hydrogen-bond acceptors (Lipinski definition) is 6. The summed E-state index contributed by atoms with van der Waals surface area (Å²) in [5, 5.41) is 2.86. The lowest BCUT2D eigenvalue weighted by molar-refractivity contribution is 0.0525. The van der Waals surface area contributed by atoms with Crippen LogP contribution in [0, 0.1) is 13.8 Å². The van der Waals surface area contributed by atoms with Gasteiger partial charge in [0.1, 0.15) is 17.2 Å². The number of aromatic nitrogens is 2. The first kappa shape index (κ1) is 22.9. The van der Waals surface area contributed by atoms with Crippen LogP contribution in [0.1, 0.15) is 51.5 Å². The van der Waals surface area contributed by atoms with Crippen molar-refractivity contribution in [1.29, 1.82) is 0 Å². The molecule has 2 heterocycles. The monoisotopic (exact) mass is 437 g/mol. The molecular weight excluding hydrogens is 410 g/mol. The van der Waals surface area contributed by atoms with Gasteiger partial charge in [0.15, 0.2) is 0 Å². The third-order valence-corrected chi connectivity index (χ3v) is 4.75. The van der Waals surface area contributed by atoms with Gasteiger partial charge in [0.2, 0.25) is 5.88 Å². The van der Waals surface area contributed by atoms with Crippen LogP contribution in [0.4, 0.5) is 0 Å². The molecule has 0 saturated heterocycles. The highest BCUT2D eigenvalue weighted by atomic mass is 16.5. The van der Waals surface area contributed by atoms with Gasteiger partial charge in [-0.2, -0.15) is 0 Å². The minimum absolute atomic E-state index is 0.271. The van der Waals surface area contributed by atoms with Crippen LogP contribution >= 0.6 is 0 Å². The smallest absolute Gasteiger partial charge is 0.340 e. The van der Waals surface area contributed by atoms with Gasteiger partial charge in [-0.15, -0.1) is 0 Å². The first-order valence-corrected chi connectivity index (χ1v) is 10.4. The normalized spacial score (nSPS) is 10.5. The summed E-state index contributed by atoms with van der Waals surface area (Å²) in [7, 11) is 0. The number of carbonyl (C=O) groups is 2. The van der Waals surface area contributed by atoms with Crippen LogP contribution in [0.3, 0.4) is 0 Å². The van der Waals surface area contributed by atoms with Crippen LogP contribution in [0.15, 0.2) is 42.6 Å². The van der Waals surface area contributed by atoms with E-state index < -0.39 is 5.97 Å². The quantitative estimate of drug-likeness (QED) is 0.483. The number of aromatic amines is 1. The van der Waals surface area contributed by atoms with E-state index in [4.69, 9.17) is 14.2 Å². The first-order valence-electron chi connectivity index (χ1n) is 10.4. The average molecular weight is 437 g/mol. The maximum absolute atomic E-state index is 12.7. The fourth-order valence-corrected chi connectivity index (χ4v) is 3.26. The van der Waals surface area contributed by atoms with Gasteiger partial charge in [-0.3, -0.25) is 4.79 Å². The Morgan fingerprint density at radius 2 is 1.75 bits per heavy atom. The molecule has 0 bridgehead atoms. The molecule has 1 aromatic carbocycles. The van der Waals surface area contributed by atoms with Gasteiger partial charge in [-0.1, -0.05) is 0 Å². The minimum Gasteiger partial charge on any atom is -0.494 e. The summed E-state index contributed by atoms with van der Waals surface area (Å²) in [6, 6.07) is 10.8. The third kappa shape index (κ3) is 5.46. The Hall–Kier alpha value is -3.81. The molecule has 0 saturated carbocycles. The highest BCUT2D eigenvalue weighted by molar-refractivity contribution is 6.00. The Kier molecular flexibility index (Phi) is 7.49. The maximum atomic E-state index is 12.7. The van der Waals surface area contributed by atoms with E-state index >= 15 is 0 Å². The van der Waals surface area contributed by atoms with E-state index in [0.29, 0.717) is 40.8 Å². The van der Waals surface area contributed by atoms with E-state index in [-0.39, 0.29) is 19.1 Å². The number of ether oxygens (including phenoxy) is 3. The number of benzene rings is 1. The number of amides is 1. The lowest BCUT2D eigenvalue weighted by Crippen LogP contribution is -2.24. The zero-order valence-corrected chi connectivity index (χ0v) is 18.7. The number of rotatable bonds is 9. The van der Waals surface area contributed by atoms with Crippen molar-refractivity contribution in [2.45, 2.75) is 34.2 Å². The molecule has 0 aliphatic rings.